The van der Waals surface area contributed by atoms with Gasteiger partial charge in [-0.2, -0.15) is 0 Å². The molecule has 2 amide bonds. The molecule has 0 spiro atoms. The van der Waals surface area contributed by atoms with E-state index in [-0.39, 0.29) is 35.1 Å². The van der Waals surface area contributed by atoms with Crippen molar-refractivity contribution in [1.82, 2.24) is 5.32 Å². The van der Waals surface area contributed by atoms with E-state index in [1.165, 1.54) is 0 Å². The third-order valence-corrected chi connectivity index (χ3v) is 4.45. The molecule has 1 fully saturated rings. The van der Waals surface area contributed by atoms with Gasteiger partial charge in [-0.3, -0.25) is 9.59 Å². The highest BCUT2D eigenvalue weighted by molar-refractivity contribution is 6.00. The maximum absolute atomic E-state index is 12.7. The zero-order chi connectivity index (χ0) is 19.0. The Morgan fingerprint density at radius 3 is 2.20 bits per heavy atom. The highest BCUT2D eigenvalue weighted by Crippen LogP contribution is 2.30. The molecular formula is C21H32N2O2. The second-order valence-electron chi connectivity index (χ2n) is 9.36. The summed E-state index contributed by atoms with van der Waals surface area (Å²) in [5, 5.41) is 3.15. The number of rotatable bonds is 4. The fourth-order valence-electron chi connectivity index (χ4n) is 4.04. The van der Waals surface area contributed by atoms with Crippen molar-refractivity contribution in [3.05, 3.63) is 29.3 Å². The van der Waals surface area contributed by atoms with Gasteiger partial charge in [-0.1, -0.05) is 26.8 Å². The lowest BCUT2D eigenvalue weighted by molar-refractivity contribution is -0.128. The summed E-state index contributed by atoms with van der Waals surface area (Å²) in [5.41, 5.74) is 3.00. The van der Waals surface area contributed by atoms with Crippen LogP contribution in [0, 0.1) is 25.2 Å². The van der Waals surface area contributed by atoms with E-state index in [9.17, 15) is 9.59 Å². The predicted molar refractivity (Wildman–Crippen MR) is 103 cm³/mol. The average Bonchev–Trinajstić information content (AvgIpc) is 2.76. The summed E-state index contributed by atoms with van der Waals surface area (Å²) < 4.78 is 0. The molecule has 4 heteroatoms. The lowest BCUT2D eigenvalue weighted by atomic mass is 9.81. The molecule has 0 aliphatic carbocycles. The summed E-state index contributed by atoms with van der Waals surface area (Å²) in [6.07, 6.45) is 1.16. The van der Waals surface area contributed by atoms with Crippen molar-refractivity contribution in [1.29, 1.82) is 0 Å². The van der Waals surface area contributed by atoms with E-state index in [2.05, 4.69) is 46.0 Å². The zero-order valence-electron chi connectivity index (χ0n) is 16.7. The SMILES string of the molecule is Cc1cc(C)cc(N2CC(C(=O)NC(C)(C)CC(C)(C)C)CC2=O)c1. The smallest absolute Gasteiger partial charge is 0.227 e. The predicted octanol–water partition coefficient (Wildman–Crippen LogP) is 3.99. The van der Waals surface area contributed by atoms with Gasteiger partial charge in [0.2, 0.25) is 11.8 Å². The highest BCUT2D eigenvalue weighted by Gasteiger charge is 2.37. The van der Waals surface area contributed by atoms with E-state index < -0.39 is 0 Å². The van der Waals surface area contributed by atoms with Gasteiger partial charge in [-0.05, 0) is 62.8 Å². The summed E-state index contributed by atoms with van der Waals surface area (Å²) in [5.74, 6) is -0.277. The number of amides is 2. The first-order valence-electron chi connectivity index (χ1n) is 9.07. The highest BCUT2D eigenvalue weighted by atomic mass is 16.2. The third-order valence-electron chi connectivity index (χ3n) is 4.45. The summed E-state index contributed by atoms with van der Waals surface area (Å²) in [6.45, 7) is 15.1. The van der Waals surface area contributed by atoms with E-state index in [0.29, 0.717) is 6.54 Å². The molecule has 1 aromatic rings. The molecule has 1 saturated heterocycles. The molecule has 138 valence electrons. The van der Waals surface area contributed by atoms with Crippen LogP contribution in [0.2, 0.25) is 0 Å². The monoisotopic (exact) mass is 344 g/mol. The number of hydrogen-bond donors (Lipinski definition) is 1. The van der Waals surface area contributed by atoms with Crippen LogP contribution >= 0.6 is 0 Å². The molecule has 1 unspecified atom stereocenters. The van der Waals surface area contributed by atoms with Gasteiger partial charge >= 0.3 is 0 Å². The molecule has 0 bridgehead atoms. The van der Waals surface area contributed by atoms with Crippen molar-refractivity contribution < 1.29 is 9.59 Å². The zero-order valence-corrected chi connectivity index (χ0v) is 16.7. The lowest BCUT2D eigenvalue weighted by Gasteiger charge is -2.34. The molecule has 0 aromatic heterocycles. The summed E-state index contributed by atoms with van der Waals surface area (Å²) >= 11 is 0. The first kappa shape index (κ1) is 19.5. The van der Waals surface area contributed by atoms with Crippen LogP contribution in [0.1, 0.15) is 58.6 Å². The fraction of sp³-hybridized carbons (Fsp3) is 0.619. The van der Waals surface area contributed by atoms with Crippen molar-refractivity contribution in [2.75, 3.05) is 11.4 Å². The van der Waals surface area contributed by atoms with Crippen LogP contribution in [0.4, 0.5) is 5.69 Å². The number of carbonyl (C=O) groups is 2. The number of hydrogen-bond acceptors (Lipinski definition) is 2. The van der Waals surface area contributed by atoms with Crippen LogP contribution in [-0.4, -0.2) is 23.9 Å². The van der Waals surface area contributed by atoms with Crippen LogP contribution in [-0.2, 0) is 9.59 Å². The number of benzene rings is 1. The molecule has 25 heavy (non-hydrogen) atoms. The average molecular weight is 344 g/mol. The molecule has 0 saturated carbocycles. The van der Waals surface area contributed by atoms with Crippen molar-refractivity contribution >= 4 is 17.5 Å². The molecule has 1 aliphatic heterocycles. The minimum atomic E-state index is -0.286. The first-order chi connectivity index (χ1) is 11.4. The van der Waals surface area contributed by atoms with Crippen molar-refractivity contribution in [3.8, 4) is 0 Å². The Morgan fingerprint density at radius 1 is 1.12 bits per heavy atom. The number of aryl methyl sites for hydroxylation is 2. The third kappa shape index (κ3) is 5.32. The maximum atomic E-state index is 12.7. The van der Waals surface area contributed by atoms with Crippen LogP contribution in [0.3, 0.4) is 0 Å². The molecular weight excluding hydrogens is 312 g/mol. The molecule has 0 radical (unpaired) electrons. The van der Waals surface area contributed by atoms with E-state index in [1.807, 2.05) is 26.0 Å². The largest absolute Gasteiger partial charge is 0.351 e. The van der Waals surface area contributed by atoms with Gasteiger partial charge in [0.05, 0.1) is 5.92 Å². The Balaban J connectivity index is 2.07. The maximum Gasteiger partial charge on any atom is 0.227 e. The molecule has 4 nitrogen and oxygen atoms in total. The van der Waals surface area contributed by atoms with Crippen LogP contribution in [0.25, 0.3) is 0 Å². The molecule has 1 heterocycles. The second-order valence-corrected chi connectivity index (χ2v) is 9.36. The number of anilines is 1. The van der Waals surface area contributed by atoms with Gasteiger partial charge in [-0.15, -0.1) is 0 Å². The Kier molecular flexibility index (Phi) is 5.31. The van der Waals surface area contributed by atoms with Crippen LogP contribution in [0.15, 0.2) is 18.2 Å². The van der Waals surface area contributed by atoms with Crippen molar-refractivity contribution in [3.63, 3.8) is 0 Å². The molecule has 1 aliphatic rings. The van der Waals surface area contributed by atoms with Gasteiger partial charge in [0.1, 0.15) is 0 Å². The Bertz CT molecular complexity index is 651. The standard InChI is InChI=1S/C21H32N2O2/c1-14-8-15(2)10-17(9-14)23-12-16(11-18(23)24)19(25)22-21(6,7)13-20(3,4)5/h8-10,16H,11-13H2,1-7H3,(H,22,25). The number of nitrogens with one attached hydrogen (secondary N) is 1. The van der Waals surface area contributed by atoms with Gasteiger partial charge in [0.25, 0.3) is 0 Å². The minimum Gasteiger partial charge on any atom is -0.351 e. The van der Waals surface area contributed by atoms with E-state index >= 15 is 0 Å². The van der Waals surface area contributed by atoms with Gasteiger partial charge in [-0.25, -0.2) is 0 Å². The summed E-state index contributed by atoms with van der Waals surface area (Å²) in [4.78, 5) is 26.9. The summed E-state index contributed by atoms with van der Waals surface area (Å²) in [6, 6.07) is 6.10. The number of nitrogens with zero attached hydrogens (tertiary/aromatic N) is 1. The van der Waals surface area contributed by atoms with Crippen LogP contribution < -0.4 is 10.2 Å². The van der Waals surface area contributed by atoms with Crippen LogP contribution in [0.5, 0.6) is 0 Å². The fourth-order valence-corrected chi connectivity index (χ4v) is 4.04. The first-order valence-corrected chi connectivity index (χ1v) is 9.07. The van der Waals surface area contributed by atoms with E-state index in [1.54, 1.807) is 4.90 Å². The Morgan fingerprint density at radius 2 is 1.68 bits per heavy atom. The van der Waals surface area contributed by atoms with Gasteiger partial charge in [0.15, 0.2) is 0 Å². The normalized spacial score (nSPS) is 18.6. The Hall–Kier alpha value is -1.84. The van der Waals surface area contributed by atoms with Crippen molar-refractivity contribution in [2.24, 2.45) is 11.3 Å². The van der Waals surface area contributed by atoms with Gasteiger partial charge < -0.3 is 10.2 Å². The quantitative estimate of drug-likeness (QED) is 0.898. The topological polar surface area (TPSA) is 49.4 Å². The van der Waals surface area contributed by atoms with E-state index in [0.717, 1.165) is 23.2 Å². The minimum absolute atomic E-state index is 0.0190. The molecule has 2 rings (SSSR count). The molecule has 1 aromatic carbocycles. The lowest BCUT2D eigenvalue weighted by Crippen LogP contribution is -2.48. The Labute approximate surface area is 152 Å². The summed E-state index contributed by atoms with van der Waals surface area (Å²) in [7, 11) is 0. The number of carbonyl (C=O) groups excluding carboxylic acids is 2. The molecule has 1 atom stereocenters. The second kappa shape index (κ2) is 6.81. The van der Waals surface area contributed by atoms with E-state index in [4.69, 9.17) is 0 Å². The molecule has 1 N–H and O–H groups in total. The van der Waals surface area contributed by atoms with Crippen molar-refractivity contribution in [2.45, 2.75) is 66.8 Å². The van der Waals surface area contributed by atoms with Gasteiger partial charge in [0, 0.05) is 24.2 Å².